The number of imidazole rings is 1. The number of anilines is 2. The smallest absolute Gasteiger partial charge is 0.258 e. The number of aliphatic hydroxyl groups is 3. The SMILES string of the molecule is CCc1noc(C2OC(n3cnc4c(N)nc(NC(CO)Cc5ccccc5)nc43)C(O)C2O)n1. The number of aliphatic hydroxyl groups excluding tert-OH is 3. The minimum absolute atomic E-state index is 0.0727. The predicted octanol–water partition coefficient (Wildman–Crippen LogP) is 0.361. The Morgan fingerprint density at radius 2 is 1.94 bits per heavy atom. The summed E-state index contributed by atoms with van der Waals surface area (Å²) < 4.78 is 12.6. The maximum Gasteiger partial charge on any atom is 0.258 e. The highest BCUT2D eigenvalue weighted by Gasteiger charge is 2.47. The lowest BCUT2D eigenvalue weighted by molar-refractivity contribution is -0.0451. The van der Waals surface area contributed by atoms with Crippen molar-refractivity contribution < 1.29 is 24.6 Å². The molecule has 1 fully saturated rings. The Balaban J connectivity index is 1.42. The monoisotopic (exact) mass is 482 g/mol. The predicted molar refractivity (Wildman–Crippen MR) is 123 cm³/mol. The molecule has 35 heavy (non-hydrogen) atoms. The van der Waals surface area contributed by atoms with Crippen LogP contribution in [0.2, 0.25) is 0 Å². The molecule has 13 heteroatoms. The van der Waals surface area contributed by atoms with Gasteiger partial charge in [-0.3, -0.25) is 4.57 Å². The number of hydrogen-bond acceptors (Lipinski definition) is 12. The molecule has 0 aliphatic carbocycles. The maximum absolute atomic E-state index is 10.7. The fourth-order valence-electron chi connectivity index (χ4n) is 4.05. The van der Waals surface area contributed by atoms with Crippen LogP contribution in [0.5, 0.6) is 0 Å². The maximum atomic E-state index is 10.7. The van der Waals surface area contributed by atoms with Gasteiger partial charge in [0, 0.05) is 6.42 Å². The lowest BCUT2D eigenvalue weighted by Crippen LogP contribution is -2.29. The average molecular weight is 483 g/mol. The van der Waals surface area contributed by atoms with Crippen molar-refractivity contribution in [1.82, 2.24) is 29.7 Å². The van der Waals surface area contributed by atoms with Crippen LogP contribution in [0.3, 0.4) is 0 Å². The number of nitrogens with zero attached hydrogens (tertiary/aromatic N) is 6. The number of hydrogen-bond donors (Lipinski definition) is 5. The molecular formula is C22H26N8O5. The number of fused-ring (bicyclic) bond motifs is 1. The Morgan fingerprint density at radius 3 is 2.66 bits per heavy atom. The summed E-state index contributed by atoms with van der Waals surface area (Å²) in [6.45, 7) is 1.71. The summed E-state index contributed by atoms with van der Waals surface area (Å²) in [5, 5.41) is 38.1. The molecule has 4 heterocycles. The highest BCUT2D eigenvalue weighted by Crippen LogP contribution is 2.39. The first-order chi connectivity index (χ1) is 17.0. The van der Waals surface area contributed by atoms with Gasteiger partial charge in [0.25, 0.3) is 5.89 Å². The highest BCUT2D eigenvalue weighted by atomic mass is 16.6. The summed E-state index contributed by atoms with van der Waals surface area (Å²) in [7, 11) is 0. The first-order valence-corrected chi connectivity index (χ1v) is 11.2. The lowest BCUT2D eigenvalue weighted by atomic mass is 10.1. The van der Waals surface area contributed by atoms with E-state index in [1.807, 2.05) is 37.3 Å². The van der Waals surface area contributed by atoms with Crippen molar-refractivity contribution in [3.05, 3.63) is 53.9 Å². The number of aromatic nitrogens is 6. The summed E-state index contributed by atoms with van der Waals surface area (Å²) in [5.74, 6) is 0.832. The second kappa shape index (κ2) is 9.54. The van der Waals surface area contributed by atoms with E-state index in [-0.39, 0.29) is 36.0 Å². The topological polar surface area (TPSA) is 190 Å². The number of ether oxygens (including phenoxy) is 1. The molecule has 6 N–H and O–H groups in total. The number of aryl methyl sites for hydroxylation is 1. The van der Waals surface area contributed by atoms with Gasteiger partial charge in [-0.2, -0.15) is 15.0 Å². The van der Waals surface area contributed by atoms with Crippen molar-refractivity contribution in [1.29, 1.82) is 0 Å². The third-order valence-corrected chi connectivity index (χ3v) is 5.88. The molecule has 5 rings (SSSR count). The Morgan fingerprint density at radius 1 is 1.14 bits per heavy atom. The molecule has 0 saturated carbocycles. The van der Waals surface area contributed by atoms with Crippen LogP contribution in [0.1, 0.15) is 36.5 Å². The van der Waals surface area contributed by atoms with Gasteiger partial charge in [-0.25, -0.2) is 4.98 Å². The van der Waals surface area contributed by atoms with Crippen molar-refractivity contribution in [3.8, 4) is 0 Å². The number of rotatable bonds is 8. The van der Waals surface area contributed by atoms with Crippen LogP contribution in [-0.4, -0.2) is 69.8 Å². The lowest BCUT2D eigenvalue weighted by Gasteiger charge is -2.18. The molecule has 184 valence electrons. The summed E-state index contributed by atoms with van der Waals surface area (Å²) in [4.78, 5) is 17.2. The van der Waals surface area contributed by atoms with Gasteiger partial charge in [0.2, 0.25) is 5.95 Å². The Labute approximate surface area is 199 Å². The van der Waals surface area contributed by atoms with E-state index in [4.69, 9.17) is 15.0 Å². The number of nitrogens with two attached hydrogens (primary N) is 1. The molecular weight excluding hydrogens is 456 g/mol. The van der Waals surface area contributed by atoms with Crippen LogP contribution in [0, 0.1) is 0 Å². The Hall–Kier alpha value is -3.65. The number of benzene rings is 1. The van der Waals surface area contributed by atoms with Crippen LogP contribution in [-0.2, 0) is 17.6 Å². The van der Waals surface area contributed by atoms with E-state index < -0.39 is 24.5 Å². The standard InChI is InChI=1S/C22H26N8O5/c1-2-13-26-20(35-29-13)17-15(32)16(33)21(34-17)30-10-24-14-18(23)27-22(28-19(14)30)25-12(9-31)8-11-6-4-3-5-7-11/h3-7,10,12,15-17,21,31-33H,2,8-9H2,1H3,(H3,23,25,27,28). The van der Waals surface area contributed by atoms with E-state index in [0.29, 0.717) is 24.2 Å². The third kappa shape index (κ3) is 4.41. The van der Waals surface area contributed by atoms with Crippen LogP contribution >= 0.6 is 0 Å². The summed E-state index contributed by atoms with van der Waals surface area (Å²) >= 11 is 0. The third-order valence-electron chi connectivity index (χ3n) is 5.88. The van der Waals surface area contributed by atoms with Crippen molar-refractivity contribution >= 4 is 22.9 Å². The quantitative estimate of drug-likeness (QED) is 0.232. The van der Waals surface area contributed by atoms with Crippen LogP contribution < -0.4 is 11.1 Å². The van der Waals surface area contributed by atoms with Gasteiger partial charge < -0.3 is 35.6 Å². The minimum atomic E-state index is -1.33. The van der Waals surface area contributed by atoms with Gasteiger partial charge in [-0.1, -0.05) is 42.4 Å². The fourth-order valence-corrected chi connectivity index (χ4v) is 4.05. The molecule has 5 unspecified atom stereocenters. The molecule has 5 atom stereocenters. The van der Waals surface area contributed by atoms with Crippen molar-refractivity contribution in [2.24, 2.45) is 0 Å². The molecule has 1 aromatic carbocycles. The Bertz CT molecular complexity index is 1300. The molecule has 0 bridgehead atoms. The van der Waals surface area contributed by atoms with Crippen molar-refractivity contribution in [2.75, 3.05) is 17.7 Å². The second-order valence-electron chi connectivity index (χ2n) is 8.30. The zero-order chi connectivity index (χ0) is 24.5. The van der Waals surface area contributed by atoms with E-state index in [2.05, 4.69) is 30.4 Å². The highest BCUT2D eigenvalue weighted by molar-refractivity contribution is 5.83. The number of nitrogen functional groups attached to an aromatic ring is 1. The zero-order valence-electron chi connectivity index (χ0n) is 18.9. The molecule has 13 nitrogen and oxygen atoms in total. The molecule has 1 aliphatic rings. The van der Waals surface area contributed by atoms with Gasteiger partial charge in [0.15, 0.2) is 29.6 Å². The molecule has 4 aromatic rings. The van der Waals surface area contributed by atoms with Crippen molar-refractivity contribution in [2.45, 2.75) is 50.3 Å². The van der Waals surface area contributed by atoms with Gasteiger partial charge in [0.1, 0.15) is 17.7 Å². The van der Waals surface area contributed by atoms with Crippen LogP contribution in [0.25, 0.3) is 11.2 Å². The first-order valence-electron chi connectivity index (χ1n) is 11.2. The van der Waals surface area contributed by atoms with Gasteiger partial charge in [0.05, 0.1) is 19.0 Å². The first kappa shape index (κ1) is 23.1. The summed E-state index contributed by atoms with van der Waals surface area (Å²) in [6.07, 6.45) is -2.22. The zero-order valence-corrected chi connectivity index (χ0v) is 18.9. The van der Waals surface area contributed by atoms with Gasteiger partial charge >= 0.3 is 0 Å². The normalized spacial score (nSPS) is 23.1. The van der Waals surface area contributed by atoms with Crippen LogP contribution in [0.15, 0.2) is 41.2 Å². The minimum Gasteiger partial charge on any atom is -0.394 e. The van der Waals surface area contributed by atoms with Crippen LogP contribution in [0.4, 0.5) is 11.8 Å². The molecule has 0 amide bonds. The average Bonchev–Trinajstić information content (AvgIpc) is 3.58. The summed E-state index contributed by atoms with van der Waals surface area (Å²) in [6, 6.07) is 9.34. The largest absolute Gasteiger partial charge is 0.394 e. The van der Waals surface area contributed by atoms with Gasteiger partial charge in [-0.05, 0) is 12.0 Å². The number of nitrogens with one attached hydrogen (secondary N) is 1. The van der Waals surface area contributed by atoms with E-state index in [9.17, 15) is 15.3 Å². The molecule has 3 aromatic heterocycles. The van der Waals surface area contributed by atoms with E-state index in [1.54, 1.807) is 0 Å². The van der Waals surface area contributed by atoms with E-state index in [0.717, 1.165) is 5.56 Å². The van der Waals surface area contributed by atoms with E-state index in [1.165, 1.54) is 10.9 Å². The van der Waals surface area contributed by atoms with Gasteiger partial charge in [-0.15, -0.1) is 0 Å². The summed E-state index contributed by atoms with van der Waals surface area (Å²) in [5.41, 5.74) is 7.75. The second-order valence-corrected chi connectivity index (χ2v) is 8.30. The van der Waals surface area contributed by atoms with Crippen molar-refractivity contribution in [3.63, 3.8) is 0 Å². The van der Waals surface area contributed by atoms with E-state index >= 15 is 0 Å². The molecule has 1 aliphatic heterocycles. The fraction of sp³-hybridized carbons (Fsp3) is 0.409. The molecule has 1 saturated heterocycles. The molecule has 0 radical (unpaired) electrons. The molecule has 0 spiro atoms. The Kier molecular flexibility index (Phi) is 6.30.